The van der Waals surface area contributed by atoms with Gasteiger partial charge in [0, 0.05) is 11.5 Å². The van der Waals surface area contributed by atoms with E-state index in [1.165, 1.54) is 6.33 Å². The third-order valence-corrected chi connectivity index (χ3v) is 2.93. The van der Waals surface area contributed by atoms with Gasteiger partial charge in [-0.3, -0.25) is 0 Å². The summed E-state index contributed by atoms with van der Waals surface area (Å²) in [7, 11) is 3.18. The number of nitrogens with one attached hydrogen (secondary N) is 1. The summed E-state index contributed by atoms with van der Waals surface area (Å²) >= 11 is 0. The Kier molecular flexibility index (Phi) is 3.94. The number of hydrogen-bond donors (Lipinski definition) is 1. The van der Waals surface area contributed by atoms with Crippen molar-refractivity contribution in [3.05, 3.63) is 24.2 Å². The molecule has 5 heteroatoms. The molecule has 2 aromatic rings. The van der Waals surface area contributed by atoms with Crippen molar-refractivity contribution in [3.8, 4) is 11.5 Å². The molecule has 0 aliphatic rings. The van der Waals surface area contributed by atoms with Crippen LogP contribution in [0.3, 0.4) is 0 Å². The van der Waals surface area contributed by atoms with Crippen molar-refractivity contribution >= 4 is 16.6 Å². The zero-order valence-corrected chi connectivity index (χ0v) is 11.4. The number of ether oxygens (including phenoxy) is 2. The number of hydrogen-bond acceptors (Lipinski definition) is 5. The number of rotatable bonds is 5. The van der Waals surface area contributed by atoms with Crippen molar-refractivity contribution < 1.29 is 9.47 Å². The average Bonchev–Trinajstić information content (AvgIpc) is 2.45. The first-order valence-corrected chi connectivity index (χ1v) is 6.15. The first-order valence-electron chi connectivity index (χ1n) is 6.15. The minimum absolute atomic E-state index is 0.516. The molecule has 1 heterocycles. The zero-order valence-electron chi connectivity index (χ0n) is 11.4. The fraction of sp³-hybridized carbons (Fsp3) is 0.357. The van der Waals surface area contributed by atoms with Crippen molar-refractivity contribution in [1.29, 1.82) is 5.41 Å². The molecule has 2 rings (SSSR count). The van der Waals surface area contributed by atoms with Crippen LogP contribution in [0.2, 0.25) is 0 Å². The van der Waals surface area contributed by atoms with Gasteiger partial charge in [-0.05, 0) is 12.5 Å². The van der Waals surface area contributed by atoms with E-state index >= 15 is 0 Å². The molecule has 0 aliphatic heterocycles. The third-order valence-electron chi connectivity index (χ3n) is 2.93. The summed E-state index contributed by atoms with van der Waals surface area (Å²) in [6, 6.07) is 3.63. The van der Waals surface area contributed by atoms with Gasteiger partial charge in [-0.2, -0.15) is 0 Å². The van der Waals surface area contributed by atoms with Gasteiger partial charge in [0.15, 0.2) is 11.5 Å². The Bertz CT molecular complexity index is 611. The molecule has 19 heavy (non-hydrogen) atoms. The smallest absolute Gasteiger partial charge is 0.162 e. The van der Waals surface area contributed by atoms with Crippen LogP contribution in [0.5, 0.6) is 11.5 Å². The van der Waals surface area contributed by atoms with Gasteiger partial charge >= 0.3 is 0 Å². The van der Waals surface area contributed by atoms with Crippen LogP contribution in [-0.2, 0) is 0 Å². The maximum Gasteiger partial charge on any atom is 0.162 e. The van der Waals surface area contributed by atoms with E-state index in [9.17, 15) is 0 Å². The molecule has 1 aromatic carbocycles. The van der Waals surface area contributed by atoms with Gasteiger partial charge < -0.3 is 14.9 Å². The monoisotopic (exact) mass is 259 g/mol. The van der Waals surface area contributed by atoms with Crippen LogP contribution in [0.1, 0.15) is 25.5 Å². The molecule has 0 amide bonds. The quantitative estimate of drug-likeness (QED) is 0.838. The summed E-state index contributed by atoms with van der Waals surface area (Å²) in [5, 5.41) is 8.89. The fourth-order valence-corrected chi connectivity index (χ4v) is 1.99. The normalized spacial score (nSPS) is 10.5. The van der Waals surface area contributed by atoms with Crippen LogP contribution in [0.15, 0.2) is 18.5 Å². The molecular weight excluding hydrogens is 242 g/mol. The molecular formula is C14H17N3O2. The van der Waals surface area contributed by atoms with E-state index in [0.29, 0.717) is 29.3 Å². The summed E-state index contributed by atoms with van der Waals surface area (Å²) in [5.41, 5.74) is 1.93. The molecule has 0 fully saturated rings. The molecule has 1 N–H and O–H groups in total. The van der Waals surface area contributed by atoms with Gasteiger partial charge in [-0.25, -0.2) is 9.97 Å². The zero-order chi connectivity index (χ0) is 13.8. The highest BCUT2D eigenvalue weighted by molar-refractivity contribution is 6.07. The molecule has 0 bridgehead atoms. The highest BCUT2D eigenvalue weighted by Crippen LogP contribution is 2.32. The maximum absolute atomic E-state index is 8.08. The number of nitrogens with zero attached hydrogens (tertiary/aromatic N) is 2. The highest BCUT2D eigenvalue weighted by Gasteiger charge is 2.13. The molecule has 0 saturated heterocycles. The van der Waals surface area contributed by atoms with Crippen molar-refractivity contribution in [2.24, 2.45) is 0 Å². The standard InChI is InChI=1S/C14H17N3O2/c1-4-5-10(15)14-9-6-12(18-2)13(19-3)7-11(9)16-8-17-14/h6-8,15H,4-5H2,1-3H3. The SMILES string of the molecule is CCCC(=N)c1ncnc2cc(OC)c(OC)cc12. The molecule has 0 saturated carbocycles. The molecule has 0 spiro atoms. The van der Waals surface area contributed by atoms with Gasteiger partial charge in [0.05, 0.1) is 31.1 Å². The molecule has 0 atom stereocenters. The van der Waals surface area contributed by atoms with Crippen LogP contribution in [0.4, 0.5) is 0 Å². The lowest BCUT2D eigenvalue weighted by molar-refractivity contribution is 0.356. The summed E-state index contributed by atoms with van der Waals surface area (Å²) in [5.74, 6) is 1.25. The maximum atomic E-state index is 8.08. The van der Waals surface area contributed by atoms with Gasteiger partial charge in [0.1, 0.15) is 6.33 Å². The largest absolute Gasteiger partial charge is 0.493 e. The van der Waals surface area contributed by atoms with E-state index in [1.54, 1.807) is 20.3 Å². The molecule has 0 aliphatic carbocycles. The topological polar surface area (TPSA) is 68.1 Å². The van der Waals surface area contributed by atoms with E-state index < -0.39 is 0 Å². The van der Waals surface area contributed by atoms with Crippen LogP contribution < -0.4 is 9.47 Å². The van der Waals surface area contributed by atoms with E-state index in [2.05, 4.69) is 9.97 Å². The Morgan fingerprint density at radius 3 is 2.47 bits per heavy atom. The van der Waals surface area contributed by atoms with Crippen molar-refractivity contribution in [1.82, 2.24) is 9.97 Å². The van der Waals surface area contributed by atoms with Crippen LogP contribution in [0, 0.1) is 5.41 Å². The minimum Gasteiger partial charge on any atom is -0.493 e. The first-order chi connectivity index (χ1) is 9.21. The van der Waals surface area contributed by atoms with Crippen LogP contribution in [0.25, 0.3) is 10.9 Å². The number of fused-ring (bicyclic) bond motifs is 1. The third kappa shape index (κ3) is 2.50. The van der Waals surface area contributed by atoms with Crippen molar-refractivity contribution in [2.75, 3.05) is 14.2 Å². The van der Waals surface area contributed by atoms with Gasteiger partial charge in [-0.1, -0.05) is 13.3 Å². The predicted molar refractivity (Wildman–Crippen MR) is 74.4 cm³/mol. The predicted octanol–water partition coefficient (Wildman–Crippen LogP) is 2.81. The Morgan fingerprint density at radius 2 is 1.84 bits per heavy atom. The average molecular weight is 259 g/mol. The van der Waals surface area contributed by atoms with Crippen LogP contribution >= 0.6 is 0 Å². The second kappa shape index (κ2) is 5.65. The first kappa shape index (κ1) is 13.3. The molecule has 0 radical (unpaired) electrons. The fourth-order valence-electron chi connectivity index (χ4n) is 1.99. The Labute approximate surface area is 112 Å². The number of benzene rings is 1. The summed E-state index contributed by atoms with van der Waals surface area (Å²) in [6.07, 6.45) is 3.09. The summed E-state index contributed by atoms with van der Waals surface area (Å²) in [4.78, 5) is 8.45. The molecule has 0 unspecified atom stereocenters. The lowest BCUT2D eigenvalue weighted by Crippen LogP contribution is -2.04. The lowest BCUT2D eigenvalue weighted by Gasteiger charge is -2.11. The lowest BCUT2D eigenvalue weighted by atomic mass is 10.1. The number of aromatic nitrogens is 2. The molecule has 100 valence electrons. The second-order valence-electron chi connectivity index (χ2n) is 4.18. The van der Waals surface area contributed by atoms with Crippen molar-refractivity contribution in [3.63, 3.8) is 0 Å². The second-order valence-corrected chi connectivity index (χ2v) is 4.18. The summed E-state index contributed by atoms with van der Waals surface area (Å²) in [6.45, 7) is 2.04. The summed E-state index contributed by atoms with van der Waals surface area (Å²) < 4.78 is 10.5. The molecule has 5 nitrogen and oxygen atoms in total. The van der Waals surface area contributed by atoms with Crippen LogP contribution in [-0.4, -0.2) is 29.9 Å². The van der Waals surface area contributed by atoms with E-state index in [1.807, 2.05) is 13.0 Å². The van der Waals surface area contributed by atoms with E-state index in [4.69, 9.17) is 14.9 Å². The van der Waals surface area contributed by atoms with Gasteiger partial charge in [0.2, 0.25) is 0 Å². The van der Waals surface area contributed by atoms with Crippen molar-refractivity contribution in [2.45, 2.75) is 19.8 Å². The Balaban J connectivity index is 2.64. The minimum atomic E-state index is 0.516. The highest BCUT2D eigenvalue weighted by atomic mass is 16.5. The molecule has 1 aromatic heterocycles. The Hall–Kier alpha value is -2.17. The Morgan fingerprint density at radius 1 is 1.16 bits per heavy atom. The van der Waals surface area contributed by atoms with E-state index in [-0.39, 0.29) is 0 Å². The van der Waals surface area contributed by atoms with E-state index in [0.717, 1.165) is 17.3 Å². The van der Waals surface area contributed by atoms with Gasteiger partial charge in [-0.15, -0.1) is 0 Å². The number of methoxy groups -OCH3 is 2. The van der Waals surface area contributed by atoms with Gasteiger partial charge in [0.25, 0.3) is 0 Å².